The van der Waals surface area contributed by atoms with Gasteiger partial charge in [0.1, 0.15) is 0 Å². The van der Waals surface area contributed by atoms with Gasteiger partial charge in [-0.1, -0.05) is 0 Å². The largest absolute Gasteiger partial charge is 0.159 e. The van der Waals surface area contributed by atoms with Gasteiger partial charge in [-0.2, -0.15) is 10.2 Å². The Bertz CT molecular complexity index is 274. The van der Waals surface area contributed by atoms with E-state index in [1.165, 1.54) is 6.92 Å². The van der Waals surface area contributed by atoms with Gasteiger partial charge in [0.25, 0.3) is 0 Å². The van der Waals surface area contributed by atoms with Crippen molar-refractivity contribution in [3.63, 3.8) is 0 Å². The molecule has 0 radical (unpaired) electrons. The van der Waals surface area contributed by atoms with Crippen LogP contribution in [-0.2, 0) is 0 Å². The SMILES string of the molecule is [2H]c1cnnc(C)c1C([2H])([2H])[2H]. The molecule has 42 valence electrons. The second-order valence-electron chi connectivity index (χ2n) is 1.45. The van der Waals surface area contributed by atoms with E-state index in [-0.39, 0.29) is 11.6 Å². The smallest absolute Gasteiger partial charge is 0.0643 e. The summed E-state index contributed by atoms with van der Waals surface area (Å²) in [7, 11) is 0. The Morgan fingerprint density at radius 3 is 3.25 bits per heavy atom. The van der Waals surface area contributed by atoms with Crippen molar-refractivity contribution in [2.24, 2.45) is 0 Å². The third-order valence-electron chi connectivity index (χ3n) is 0.836. The van der Waals surface area contributed by atoms with E-state index in [9.17, 15) is 0 Å². The number of hydrogen-bond acceptors (Lipinski definition) is 2. The zero-order chi connectivity index (χ0) is 9.35. The maximum atomic E-state index is 7.30. The molecule has 0 saturated heterocycles. The summed E-state index contributed by atoms with van der Waals surface area (Å²) in [5.74, 6) is 0. The summed E-state index contributed by atoms with van der Waals surface area (Å²) < 4.78 is 28.6. The van der Waals surface area contributed by atoms with Crippen molar-refractivity contribution in [2.75, 3.05) is 0 Å². The van der Waals surface area contributed by atoms with E-state index in [0.717, 1.165) is 6.20 Å². The van der Waals surface area contributed by atoms with Crippen molar-refractivity contribution in [1.29, 1.82) is 0 Å². The summed E-state index contributed by atoms with van der Waals surface area (Å²) in [6, 6.07) is -0.0810. The fourth-order valence-electron chi connectivity index (χ4n) is 0.363. The summed E-state index contributed by atoms with van der Waals surface area (Å²) >= 11 is 0. The minimum absolute atomic E-state index is 0.0162. The third-order valence-corrected chi connectivity index (χ3v) is 0.836. The van der Waals surface area contributed by atoms with Crippen LogP contribution in [0.2, 0.25) is 0 Å². The van der Waals surface area contributed by atoms with E-state index in [0.29, 0.717) is 5.69 Å². The first-order valence-corrected chi connectivity index (χ1v) is 2.22. The first-order chi connectivity index (χ1) is 5.43. The second kappa shape index (κ2) is 1.90. The quantitative estimate of drug-likeness (QED) is 0.502. The maximum absolute atomic E-state index is 7.30. The molecule has 0 aliphatic rings. The van der Waals surface area contributed by atoms with Gasteiger partial charge in [-0.3, -0.25) is 0 Å². The monoisotopic (exact) mass is 112 g/mol. The van der Waals surface area contributed by atoms with Crippen LogP contribution in [0.4, 0.5) is 0 Å². The molecule has 0 N–H and O–H groups in total. The first-order valence-electron chi connectivity index (χ1n) is 4.22. The number of nitrogens with zero attached hydrogens (tertiary/aromatic N) is 2. The molecule has 0 aromatic carbocycles. The molecule has 1 rings (SSSR count). The van der Waals surface area contributed by atoms with Gasteiger partial charge in [-0.05, 0) is 25.4 Å². The number of hydrogen-bond donors (Lipinski definition) is 0. The minimum atomic E-state index is -2.27. The molecular weight excluding hydrogens is 100 g/mol. The van der Waals surface area contributed by atoms with Gasteiger partial charge in [0.05, 0.1) is 7.06 Å². The van der Waals surface area contributed by atoms with Crippen LogP contribution in [0.1, 0.15) is 16.7 Å². The molecule has 0 unspecified atom stereocenters. The van der Waals surface area contributed by atoms with Gasteiger partial charge >= 0.3 is 0 Å². The Morgan fingerprint density at radius 1 is 1.88 bits per heavy atom. The van der Waals surface area contributed by atoms with Crippen molar-refractivity contribution >= 4 is 0 Å². The van der Waals surface area contributed by atoms with Crippen LogP contribution >= 0.6 is 0 Å². The van der Waals surface area contributed by atoms with E-state index in [1.807, 2.05) is 0 Å². The zero-order valence-electron chi connectivity index (χ0n) is 8.47. The van der Waals surface area contributed by atoms with Crippen molar-refractivity contribution in [2.45, 2.75) is 13.8 Å². The molecule has 8 heavy (non-hydrogen) atoms. The van der Waals surface area contributed by atoms with Crippen molar-refractivity contribution in [3.8, 4) is 0 Å². The number of aryl methyl sites for hydroxylation is 1. The van der Waals surface area contributed by atoms with E-state index in [1.54, 1.807) is 0 Å². The average Bonchev–Trinajstić information content (AvgIpc) is 1.82. The van der Waals surface area contributed by atoms with Crippen LogP contribution in [0.25, 0.3) is 0 Å². The van der Waals surface area contributed by atoms with Gasteiger partial charge in [0, 0.05) is 10.3 Å². The van der Waals surface area contributed by atoms with Crippen LogP contribution in [0.3, 0.4) is 0 Å². The summed E-state index contributed by atoms with van der Waals surface area (Å²) in [4.78, 5) is 0. The highest BCUT2D eigenvalue weighted by atomic mass is 15.1. The standard InChI is InChI=1S/C6H8N2/c1-5-3-4-7-8-6(5)2/h3-4H,1-2H3/i1D3,3D. The van der Waals surface area contributed by atoms with E-state index in [2.05, 4.69) is 10.2 Å². The van der Waals surface area contributed by atoms with Crippen LogP contribution in [0.5, 0.6) is 0 Å². The second-order valence-corrected chi connectivity index (χ2v) is 1.45. The van der Waals surface area contributed by atoms with E-state index in [4.69, 9.17) is 5.48 Å². The van der Waals surface area contributed by atoms with E-state index < -0.39 is 6.85 Å². The molecule has 2 nitrogen and oxygen atoms in total. The molecule has 1 heterocycles. The average molecular weight is 112 g/mol. The van der Waals surface area contributed by atoms with Gasteiger partial charge in [0.15, 0.2) is 0 Å². The van der Waals surface area contributed by atoms with Crippen LogP contribution in [0, 0.1) is 13.8 Å². The Kier molecular flexibility index (Phi) is 0.507. The molecule has 0 fully saturated rings. The van der Waals surface area contributed by atoms with Crippen LogP contribution < -0.4 is 0 Å². The highest BCUT2D eigenvalue weighted by Gasteiger charge is 1.86. The highest BCUT2D eigenvalue weighted by Crippen LogP contribution is 1.96. The topological polar surface area (TPSA) is 25.8 Å². The minimum Gasteiger partial charge on any atom is -0.159 e. The fraction of sp³-hybridized carbons (Fsp3) is 0.333. The van der Waals surface area contributed by atoms with Crippen LogP contribution in [-0.4, -0.2) is 10.2 Å². The number of rotatable bonds is 0. The van der Waals surface area contributed by atoms with Crippen molar-refractivity contribution in [3.05, 3.63) is 23.5 Å². The molecular formula is C6H8N2. The summed E-state index contributed by atoms with van der Waals surface area (Å²) in [5, 5.41) is 7.05. The van der Waals surface area contributed by atoms with Gasteiger partial charge in [-0.15, -0.1) is 0 Å². The van der Waals surface area contributed by atoms with Crippen molar-refractivity contribution in [1.82, 2.24) is 10.2 Å². The van der Waals surface area contributed by atoms with Gasteiger partial charge in [-0.25, -0.2) is 0 Å². The molecule has 1 aromatic heterocycles. The number of aromatic nitrogens is 2. The Morgan fingerprint density at radius 2 is 2.75 bits per heavy atom. The molecule has 2 heteroatoms. The predicted molar refractivity (Wildman–Crippen MR) is 31.5 cm³/mol. The van der Waals surface area contributed by atoms with Gasteiger partial charge in [0.2, 0.25) is 0 Å². The summed E-state index contributed by atoms with van der Waals surface area (Å²) in [6.07, 6.45) is 1.13. The molecule has 0 spiro atoms. The van der Waals surface area contributed by atoms with Crippen molar-refractivity contribution < 1.29 is 5.48 Å². The lowest BCUT2D eigenvalue weighted by molar-refractivity contribution is 0.961. The first kappa shape index (κ1) is 2.13. The molecule has 0 bridgehead atoms. The molecule has 0 aliphatic heterocycles. The fourth-order valence-corrected chi connectivity index (χ4v) is 0.363. The normalized spacial score (nSPS) is 18.1. The highest BCUT2D eigenvalue weighted by molar-refractivity contribution is 5.12. The van der Waals surface area contributed by atoms with Gasteiger partial charge < -0.3 is 0 Å². The molecule has 0 atom stereocenters. The molecule has 0 amide bonds. The lowest BCUT2D eigenvalue weighted by Crippen LogP contribution is -1.86. The van der Waals surface area contributed by atoms with E-state index >= 15 is 0 Å². The summed E-state index contributed by atoms with van der Waals surface area (Å²) in [5.41, 5.74) is 0.278. The predicted octanol–water partition coefficient (Wildman–Crippen LogP) is 1.09. The lowest BCUT2D eigenvalue weighted by Gasteiger charge is -1.91. The lowest BCUT2D eigenvalue weighted by atomic mass is 10.3. The summed E-state index contributed by atoms with van der Waals surface area (Å²) in [6.45, 7) is -0.732. The zero-order valence-corrected chi connectivity index (χ0v) is 4.47. The Balaban J connectivity index is 3.31. The molecule has 0 aliphatic carbocycles. The van der Waals surface area contributed by atoms with Crippen LogP contribution in [0.15, 0.2) is 12.2 Å². The molecule has 0 saturated carbocycles. The Hall–Kier alpha value is -0.920. The maximum Gasteiger partial charge on any atom is 0.0643 e. The third kappa shape index (κ3) is 0.832. The Labute approximate surface area is 54.2 Å². The molecule has 1 aromatic rings.